The van der Waals surface area contributed by atoms with Gasteiger partial charge in [0.15, 0.2) is 0 Å². The number of hydrogen-bond donors (Lipinski definition) is 1. The van der Waals surface area contributed by atoms with Gasteiger partial charge < -0.3 is 5.73 Å². The van der Waals surface area contributed by atoms with Crippen molar-refractivity contribution >= 4 is 27.2 Å². The predicted octanol–water partition coefficient (Wildman–Crippen LogP) is 3.99. The van der Waals surface area contributed by atoms with Crippen molar-refractivity contribution in [2.45, 2.75) is 6.92 Å². The minimum Gasteiger partial charge on any atom is -0.398 e. The normalized spacial score (nSPS) is 11.0. The number of aromatic nitrogens is 1. The third-order valence-electron chi connectivity index (χ3n) is 2.96. The van der Waals surface area contributed by atoms with Crippen LogP contribution in [0.4, 0.5) is 10.1 Å². The summed E-state index contributed by atoms with van der Waals surface area (Å²) in [6, 6.07) is 10.4. The predicted molar refractivity (Wildman–Crippen MR) is 74.2 cm³/mol. The Kier molecular flexibility index (Phi) is 2.52. The highest BCUT2D eigenvalue weighted by molar-refractivity contribution is 7.21. The molecule has 0 atom stereocenters. The topological polar surface area (TPSA) is 38.9 Å². The second-order valence-corrected chi connectivity index (χ2v) is 5.18. The molecule has 0 amide bonds. The van der Waals surface area contributed by atoms with E-state index in [0.29, 0.717) is 0 Å². The SMILES string of the molecule is Cc1c(N)cccc1-c1nc2ccc(F)cc2s1. The highest BCUT2D eigenvalue weighted by atomic mass is 32.1. The summed E-state index contributed by atoms with van der Waals surface area (Å²) in [4.78, 5) is 4.52. The first-order chi connectivity index (χ1) is 8.65. The molecule has 0 saturated heterocycles. The molecule has 1 heterocycles. The van der Waals surface area contributed by atoms with Gasteiger partial charge in [0.1, 0.15) is 10.8 Å². The van der Waals surface area contributed by atoms with Crippen molar-refractivity contribution in [3.63, 3.8) is 0 Å². The maximum Gasteiger partial charge on any atom is 0.124 e. The molecular weight excluding hydrogens is 247 g/mol. The van der Waals surface area contributed by atoms with E-state index < -0.39 is 0 Å². The molecule has 2 aromatic carbocycles. The standard InChI is InChI=1S/C14H11FN2S/c1-8-10(3-2-4-11(8)16)14-17-12-6-5-9(15)7-13(12)18-14/h2-7H,16H2,1H3. The Hall–Kier alpha value is -1.94. The fourth-order valence-corrected chi connectivity index (χ4v) is 2.97. The first kappa shape index (κ1) is 11.2. The molecule has 0 spiro atoms. The fraction of sp³-hybridized carbons (Fsp3) is 0.0714. The van der Waals surface area contributed by atoms with E-state index in [1.165, 1.54) is 23.5 Å². The molecular formula is C14H11FN2S. The number of anilines is 1. The molecule has 3 rings (SSSR count). The van der Waals surface area contributed by atoms with E-state index in [0.717, 1.165) is 32.0 Å². The van der Waals surface area contributed by atoms with Crippen LogP contribution in [0.25, 0.3) is 20.8 Å². The third kappa shape index (κ3) is 1.75. The average Bonchev–Trinajstić information content (AvgIpc) is 2.75. The molecule has 0 saturated carbocycles. The molecule has 0 bridgehead atoms. The molecule has 0 aliphatic rings. The lowest BCUT2D eigenvalue weighted by molar-refractivity contribution is 0.630. The summed E-state index contributed by atoms with van der Waals surface area (Å²) >= 11 is 1.48. The maximum absolute atomic E-state index is 13.2. The minimum atomic E-state index is -0.234. The lowest BCUT2D eigenvalue weighted by Gasteiger charge is -2.04. The first-order valence-corrected chi connectivity index (χ1v) is 6.38. The van der Waals surface area contributed by atoms with Gasteiger partial charge in [0, 0.05) is 11.3 Å². The van der Waals surface area contributed by atoms with Crippen LogP contribution in [0.15, 0.2) is 36.4 Å². The van der Waals surface area contributed by atoms with Crippen LogP contribution < -0.4 is 5.73 Å². The Morgan fingerprint density at radius 1 is 1.22 bits per heavy atom. The molecule has 0 radical (unpaired) electrons. The van der Waals surface area contributed by atoms with E-state index in [1.807, 2.05) is 25.1 Å². The number of benzene rings is 2. The molecule has 0 aliphatic carbocycles. The monoisotopic (exact) mass is 258 g/mol. The maximum atomic E-state index is 13.2. The second-order valence-electron chi connectivity index (χ2n) is 4.15. The number of fused-ring (bicyclic) bond motifs is 1. The zero-order valence-corrected chi connectivity index (χ0v) is 10.6. The smallest absolute Gasteiger partial charge is 0.124 e. The highest BCUT2D eigenvalue weighted by Gasteiger charge is 2.10. The fourth-order valence-electron chi connectivity index (χ4n) is 1.90. The van der Waals surface area contributed by atoms with E-state index >= 15 is 0 Å². The number of nitrogens with two attached hydrogens (primary N) is 1. The van der Waals surface area contributed by atoms with Crippen LogP contribution in [-0.4, -0.2) is 4.98 Å². The van der Waals surface area contributed by atoms with Crippen molar-refractivity contribution in [2.24, 2.45) is 0 Å². The molecule has 2 N–H and O–H groups in total. The summed E-state index contributed by atoms with van der Waals surface area (Å²) in [5.74, 6) is -0.234. The Morgan fingerprint density at radius 2 is 2.06 bits per heavy atom. The lowest BCUT2D eigenvalue weighted by atomic mass is 10.1. The lowest BCUT2D eigenvalue weighted by Crippen LogP contribution is -1.91. The third-order valence-corrected chi connectivity index (χ3v) is 4.01. The van der Waals surface area contributed by atoms with Gasteiger partial charge in [-0.1, -0.05) is 12.1 Å². The summed E-state index contributed by atoms with van der Waals surface area (Å²) < 4.78 is 14.0. The Balaban J connectivity index is 2.22. The molecule has 3 aromatic rings. The van der Waals surface area contributed by atoms with Crippen molar-refractivity contribution in [2.75, 3.05) is 5.73 Å². The van der Waals surface area contributed by atoms with Crippen molar-refractivity contribution in [1.29, 1.82) is 0 Å². The van der Waals surface area contributed by atoms with Crippen LogP contribution in [-0.2, 0) is 0 Å². The number of halogens is 1. The molecule has 0 fully saturated rings. The summed E-state index contributed by atoms with van der Waals surface area (Å²) in [5.41, 5.74) is 9.48. The van der Waals surface area contributed by atoms with Crippen molar-refractivity contribution in [3.05, 3.63) is 47.8 Å². The molecule has 90 valence electrons. The van der Waals surface area contributed by atoms with E-state index in [2.05, 4.69) is 4.98 Å². The van der Waals surface area contributed by atoms with Crippen molar-refractivity contribution < 1.29 is 4.39 Å². The minimum absolute atomic E-state index is 0.234. The van der Waals surface area contributed by atoms with Gasteiger partial charge in [-0.05, 0) is 36.8 Å². The average molecular weight is 258 g/mol. The Labute approximate surface area is 108 Å². The molecule has 18 heavy (non-hydrogen) atoms. The molecule has 2 nitrogen and oxygen atoms in total. The summed E-state index contributed by atoms with van der Waals surface area (Å²) in [7, 11) is 0. The van der Waals surface area contributed by atoms with Crippen LogP contribution in [0.3, 0.4) is 0 Å². The Bertz CT molecular complexity index is 734. The number of hydrogen-bond acceptors (Lipinski definition) is 3. The summed E-state index contributed by atoms with van der Waals surface area (Å²) in [5, 5.41) is 0.875. The number of nitrogen functional groups attached to an aromatic ring is 1. The van der Waals surface area contributed by atoms with Crippen LogP contribution in [0.1, 0.15) is 5.56 Å². The van der Waals surface area contributed by atoms with E-state index in [9.17, 15) is 4.39 Å². The number of rotatable bonds is 1. The van der Waals surface area contributed by atoms with Crippen molar-refractivity contribution in [3.8, 4) is 10.6 Å². The zero-order chi connectivity index (χ0) is 12.7. The molecule has 1 aromatic heterocycles. The quantitative estimate of drug-likeness (QED) is 0.670. The van der Waals surface area contributed by atoms with Crippen LogP contribution >= 0.6 is 11.3 Å². The van der Waals surface area contributed by atoms with Gasteiger partial charge in [-0.2, -0.15) is 0 Å². The van der Waals surface area contributed by atoms with E-state index in [-0.39, 0.29) is 5.82 Å². The van der Waals surface area contributed by atoms with E-state index in [4.69, 9.17) is 5.73 Å². The van der Waals surface area contributed by atoms with Gasteiger partial charge in [-0.15, -0.1) is 11.3 Å². The molecule has 0 aliphatic heterocycles. The zero-order valence-electron chi connectivity index (χ0n) is 9.77. The van der Waals surface area contributed by atoms with Gasteiger partial charge in [-0.3, -0.25) is 0 Å². The van der Waals surface area contributed by atoms with Gasteiger partial charge in [-0.25, -0.2) is 9.37 Å². The first-order valence-electron chi connectivity index (χ1n) is 5.57. The molecule has 0 unspecified atom stereocenters. The highest BCUT2D eigenvalue weighted by Crippen LogP contribution is 2.33. The van der Waals surface area contributed by atoms with Crippen LogP contribution in [0.2, 0.25) is 0 Å². The second kappa shape index (κ2) is 4.07. The van der Waals surface area contributed by atoms with Gasteiger partial charge >= 0.3 is 0 Å². The largest absolute Gasteiger partial charge is 0.398 e. The summed E-state index contributed by atoms with van der Waals surface area (Å²) in [6.45, 7) is 1.97. The molecule has 4 heteroatoms. The van der Waals surface area contributed by atoms with Gasteiger partial charge in [0.05, 0.1) is 10.2 Å². The van der Waals surface area contributed by atoms with E-state index in [1.54, 1.807) is 6.07 Å². The van der Waals surface area contributed by atoms with Gasteiger partial charge in [0.25, 0.3) is 0 Å². The van der Waals surface area contributed by atoms with Crippen LogP contribution in [0.5, 0.6) is 0 Å². The number of nitrogens with zero attached hydrogens (tertiary/aromatic N) is 1. The van der Waals surface area contributed by atoms with Gasteiger partial charge in [0.2, 0.25) is 0 Å². The van der Waals surface area contributed by atoms with Crippen LogP contribution in [0, 0.1) is 12.7 Å². The number of thiazole rings is 1. The Morgan fingerprint density at radius 3 is 2.89 bits per heavy atom. The van der Waals surface area contributed by atoms with Crippen molar-refractivity contribution in [1.82, 2.24) is 4.98 Å². The summed E-state index contributed by atoms with van der Waals surface area (Å²) in [6.07, 6.45) is 0.